The average molecular weight is 326 g/mol. The molecule has 0 amide bonds. The predicted octanol–water partition coefficient (Wildman–Crippen LogP) is 1.68. The van der Waals surface area contributed by atoms with Gasteiger partial charge in [0.25, 0.3) is 0 Å². The van der Waals surface area contributed by atoms with E-state index < -0.39 is 0 Å². The SMILES string of the molecule is CCc1cnc(N2CC[C@@]3(C[C@H](Nc4cnccn4)CO3)C2)nc1. The van der Waals surface area contributed by atoms with Gasteiger partial charge in [-0.2, -0.15) is 0 Å². The lowest BCUT2D eigenvalue weighted by Crippen LogP contribution is -2.34. The van der Waals surface area contributed by atoms with Gasteiger partial charge in [-0.15, -0.1) is 0 Å². The monoisotopic (exact) mass is 326 g/mol. The van der Waals surface area contributed by atoms with E-state index in [4.69, 9.17) is 4.74 Å². The standard InChI is InChI=1S/C17H22N6O/c1-2-13-8-20-16(21-9-13)23-6-3-17(12-23)7-14(11-24-17)22-15-10-18-4-5-19-15/h4-5,8-10,14H,2-3,6-7,11-12H2,1H3,(H,19,22)/t14-,17+/m0/s1. The van der Waals surface area contributed by atoms with Crippen molar-refractivity contribution < 1.29 is 4.74 Å². The Morgan fingerprint density at radius 2 is 2.12 bits per heavy atom. The fraction of sp³-hybridized carbons (Fsp3) is 0.529. The third kappa shape index (κ3) is 3.03. The molecule has 126 valence electrons. The first-order chi connectivity index (χ1) is 11.8. The van der Waals surface area contributed by atoms with Crippen molar-refractivity contribution in [3.63, 3.8) is 0 Å². The molecule has 4 rings (SSSR count). The second-order valence-corrected chi connectivity index (χ2v) is 6.55. The highest BCUT2D eigenvalue weighted by Crippen LogP contribution is 2.37. The molecule has 7 nitrogen and oxygen atoms in total. The molecule has 0 bridgehead atoms. The summed E-state index contributed by atoms with van der Waals surface area (Å²) in [5.74, 6) is 1.61. The van der Waals surface area contributed by atoms with Crippen LogP contribution < -0.4 is 10.2 Å². The number of aryl methyl sites for hydroxylation is 1. The molecule has 4 heterocycles. The lowest BCUT2D eigenvalue weighted by molar-refractivity contribution is 0.0228. The van der Waals surface area contributed by atoms with Gasteiger partial charge in [0.1, 0.15) is 5.82 Å². The first kappa shape index (κ1) is 15.3. The van der Waals surface area contributed by atoms with E-state index in [9.17, 15) is 0 Å². The Hall–Kier alpha value is -2.28. The Morgan fingerprint density at radius 1 is 1.25 bits per heavy atom. The highest BCUT2D eigenvalue weighted by atomic mass is 16.5. The quantitative estimate of drug-likeness (QED) is 0.916. The van der Waals surface area contributed by atoms with Crippen molar-refractivity contribution in [2.45, 2.75) is 37.8 Å². The molecule has 0 aliphatic carbocycles. The molecule has 2 aromatic heterocycles. The number of anilines is 2. The van der Waals surface area contributed by atoms with Crippen LogP contribution in [0.2, 0.25) is 0 Å². The molecule has 2 saturated heterocycles. The zero-order chi connectivity index (χ0) is 16.4. The normalized spacial score (nSPS) is 26.2. The van der Waals surface area contributed by atoms with Crippen molar-refractivity contribution in [3.05, 3.63) is 36.5 Å². The van der Waals surface area contributed by atoms with Gasteiger partial charge in [-0.25, -0.2) is 15.0 Å². The van der Waals surface area contributed by atoms with Crippen LogP contribution in [0.15, 0.2) is 31.0 Å². The maximum Gasteiger partial charge on any atom is 0.225 e. The summed E-state index contributed by atoms with van der Waals surface area (Å²) in [5.41, 5.74) is 1.06. The van der Waals surface area contributed by atoms with Gasteiger partial charge in [-0.3, -0.25) is 4.98 Å². The van der Waals surface area contributed by atoms with E-state index in [1.54, 1.807) is 18.6 Å². The number of hydrogen-bond donors (Lipinski definition) is 1. The van der Waals surface area contributed by atoms with Crippen molar-refractivity contribution >= 4 is 11.8 Å². The molecule has 2 aromatic rings. The predicted molar refractivity (Wildman–Crippen MR) is 91.0 cm³/mol. The largest absolute Gasteiger partial charge is 0.371 e. The Labute approximate surface area is 141 Å². The Kier molecular flexibility index (Phi) is 4.02. The number of hydrogen-bond acceptors (Lipinski definition) is 7. The van der Waals surface area contributed by atoms with E-state index in [-0.39, 0.29) is 11.6 Å². The van der Waals surface area contributed by atoms with Crippen LogP contribution in [0, 0.1) is 0 Å². The number of nitrogens with zero attached hydrogens (tertiary/aromatic N) is 5. The molecule has 2 atom stereocenters. The molecule has 0 saturated carbocycles. The van der Waals surface area contributed by atoms with Crippen LogP contribution in [0.5, 0.6) is 0 Å². The van der Waals surface area contributed by atoms with Crippen LogP contribution in [0.1, 0.15) is 25.3 Å². The second kappa shape index (κ2) is 6.32. The van der Waals surface area contributed by atoms with E-state index in [0.29, 0.717) is 6.61 Å². The smallest absolute Gasteiger partial charge is 0.225 e. The minimum atomic E-state index is -0.105. The summed E-state index contributed by atoms with van der Waals surface area (Å²) in [6.45, 7) is 4.58. The maximum atomic E-state index is 6.17. The zero-order valence-electron chi connectivity index (χ0n) is 13.9. The lowest BCUT2D eigenvalue weighted by Gasteiger charge is -2.23. The lowest BCUT2D eigenvalue weighted by atomic mass is 9.97. The van der Waals surface area contributed by atoms with Crippen molar-refractivity contribution in [1.82, 2.24) is 19.9 Å². The molecule has 24 heavy (non-hydrogen) atoms. The molecular weight excluding hydrogens is 304 g/mol. The first-order valence-corrected chi connectivity index (χ1v) is 8.49. The molecule has 0 unspecified atom stereocenters. The third-order valence-electron chi connectivity index (χ3n) is 4.82. The van der Waals surface area contributed by atoms with Gasteiger partial charge in [0.15, 0.2) is 0 Å². The Balaban J connectivity index is 1.39. The minimum absolute atomic E-state index is 0.105. The summed E-state index contributed by atoms with van der Waals surface area (Å²) < 4.78 is 6.17. The summed E-state index contributed by atoms with van der Waals surface area (Å²) >= 11 is 0. The first-order valence-electron chi connectivity index (χ1n) is 8.49. The van der Waals surface area contributed by atoms with Crippen molar-refractivity contribution in [2.24, 2.45) is 0 Å². The molecule has 1 N–H and O–H groups in total. The fourth-order valence-electron chi connectivity index (χ4n) is 3.51. The number of ether oxygens (including phenoxy) is 1. The summed E-state index contributed by atoms with van der Waals surface area (Å²) in [4.78, 5) is 19.6. The highest BCUT2D eigenvalue weighted by Gasteiger charge is 2.46. The molecule has 0 radical (unpaired) electrons. The van der Waals surface area contributed by atoms with Crippen LogP contribution in [0.4, 0.5) is 11.8 Å². The average Bonchev–Trinajstić information content (AvgIpc) is 3.23. The summed E-state index contributed by atoms with van der Waals surface area (Å²) in [6, 6.07) is 0.269. The highest BCUT2D eigenvalue weighted by molar-refractivity contribution is 5.36. The van der Waals surface area contributed by atoms with Gasteiger partial charge in [0, 0.05) is 37.8 Å². The van der Waals surface area contributed by atoms with Crippen LogP contribution in [-0.4, -0.2) is 51.3 Å². The number of rotatable bonds is 4. The van der Waals surface area contributed by atoms with Gasteiger partial charge < -0.3 is 15.0 Å². The van der Waals surface area contributed by atoms with Crippen molar-refractivity contribution in [3.8, 4) is 0 Å². The molecule has 0 aromatic carbocycles. The third-order valence-corrected chi connectivity index (χ3v) is 4.82. The van der Waals surface area contributed by atoms with Gasteiger partial charge in [0.2, 0.25) is 5.95 Å². The second-order valence-electron chi connectivity index (χ2n) is 6.55. The Bertz CT molecular complexity index is 679. The van der Waals surface area contributed by atoms with Crippen molar-refractivity contribution in [2.75, 3.05) is 29.9 Å². The van der Waals surface area contributed by atoms with Crippen molar-refractivity contribution in [1.29, 1.82) is 0 Å². The van der Waals surface area contributed by atoms with Gasteiger partial charge in [-0.05, 0) is 18.4 Å². The van der Waals surface area contributed by atoms with E-state index in [1.165, 1.54) is 0 Å². The van der Waals surface area contributed by atoms with Crippen LogP contribution in [0.25, 0.3) is 0 Å². The Morgan fingerprint density at radius 3 is 2.88 bits per heavy atom. The number of nitrogens with one attached hydrogen (secondary N) is 1. The molecule has 7 heteroatoms. The topological polar surface area (TPSA) is 76.1 Å². The number of aromatic nitrogens is 4. The van der Waals surface area contributed by atoms with Gasteiger partial charge in [0.05, 0.1) is 31.0 Å². The van der Waals surface area contributed by atoms with E-state index in [2.05, 4.69) is 37.1 Å². The molecule has 2 aliphatic rings. The summed E-state index contributed by atoms with van der Waals surface area (Å²) in [7, 11) is 0. The fourth-order valence-corrected chi connectivity index (χ4v) is 3.51. The molecular formula is C17H22N6O. The minimum Gasteiger partial charge on any atom is -0.371 e. The zero-order valence-corrected chi connectivity index (χ0v) is 13.9. The maximum absolute atomic E-state index is 6.17. The summed E-state index contributed by atoms with van der Waals surface area (Å²) in [5, 5.41) is 3.41. The van der Waals surface area contributed by atoms with Gasteiger partial charge >= 0.3 is 0 Å². The van der Waals surface area contributed by atoms with Crippen LogP contribution in [0.3, 0.4) is 0 Å². The van der Waals surface area contributed by atoms with Gasteiger partial charge in [-0.1, -0.05) is 6.92 Å². The van der Waals surface area contributed by atoms with E-state index in [0.717, 1.165) is 49.7 Å². The molecule has 2 fully saturated rings. The van der Waals surface area contributed by atoms with Crippen LogP contribution in [-0.2, 0) is 11.2 Å². The van der Waals surface area contributed by atoms with Crippen LogP contribution >= 0.6 is 0 Å². The van der Waals surface area contributed by atoms with E-state index >= 15 is 0 Å². The molecule has 1 spiro atoms. The summed E-state index contributed by atoms with van der Waals surface area (Å²) in [6.07, 6.45) is 11.9. The molecule has 2 aliphatic heterocycles. The van der Waals surface area contributed by atoms with E-state index in [1.807, 2.05) is 12.4 Å².